The fraction of sp³-hybridized carbons (Fsp3) is 0.520. The lowest BCUT2D eigenvalue weighted by atomic mass is 9.69. The van der Waals surface area contributed by atoms with Crippen molar-refractivity contribution < 1.29 is 27.4 Å². The molecule has 2 aromatic carbocycles. The standard InChI is InChI=1S/C25H33FO5S/c1-4-6-13-25(5-2)17-32(28,29)22-12-11-20(31-15-14-30-3)16-21(22)23(24(25)27)18-7-9-19(26)10-8-18/h7-12,16,23-24,27H,4-6,13-15,17H2,1-3H3/t23-,24-,25-/m1/s1. The van der Waals surface area contributed by atoms with Gasteiger partial charge in [0.05, 0.1) is 23.4 Å². The smallest absolute Gasteiger partial charge is 0.179 e. The number of hydrogen-bond acceptors (Lipinski definition) is 5. The average Bonchev–Trinajstić information content (AvgIpc) is 2.84. The van der Waals surface area contributed by atoms with E-state index < -0.39 is 27.3 Å². The largest absolute Gasteiger partial charge is 0.491 e. The molecular weight excluding hydrogens is 431 g/mol. The third-order valence-corrected chi connectivity index (χ3v) is 8.59. The molecule has 5 nitrogen and oxygen atoms in total. The van der Waals surface area contributed by atoms with Crippen LogP contribution in [0.4, 0.5) is 4.39 Å². The van der Waals surface area contributed by atoms with Crippen molar-refractivity contribution >= 4 is 9.84 Å². The summed E-state index contributed by atoms with van der Waals surface area (Å²) in [6.45, 7) is 4.71. The van der Waals surface area contributed by atoms with Crippen molar-refractivity contribution in [2.75, 3.05) is 26.1 Å². The number of halogens is 1. The fourth-order valence-electron chi connectivity index (χ4n) is 4.72. The van der Waals surface area contributed by atoms with Crippen LogP contribution >= 0.6 is 0 Å². The maximum absolute atomic E-state index is 13.7. The molecule has 1 N–H and O–H groups in total. The summed E-state index contributed by atoms with van der Waals surface area (Å²) in [6.07, 6.45) is 1.90. The van der Waals surface area contributed by atoms with Crippen molar-refractivity contribution in [2.45, 2.75) is 56.4 Å². The summed E-state index contributed by atoms with van der Waals surface area (Å²) in [5, 5.41) is 11.8. The van der Waals surface area contributed by atoms with Gasteiger partial charge in [0.1, 0.15) is 18.2 Å². The summed E-state index contributed by atoms with van der Waals surface area (Å²) in [7, 11) is -2.09. The van der Waals surface area contributed by atoms with Crippen molar-refractivity contribution in [1.29, 1.82) is 0 Å². The van der Waals surface area contributed by atoms with Crippen molar-refractivity contribution in [2.24, 2.45) is 5.41 Å². The molecule has 3 atom stereocenters. The maximum Gasteiger partial charge on any atom is 0.179 e. The van der Waals surface area contributed by atoms with Crippen molar-refractivity contribution in [1.82, 2.24) is 0 Å². The SMILES string of the molecule is CCCC[C@]1(CC)CS(=O)(=O)c2ccc(OCCOC)cc2[C@@H](c2ccc(F)cc2)[C@H]1O. The van der Waals surface area contributed by atoms with E-state index in [0.29, 0.717) is 42.9 Å². The molecule has 2 aromatic rings. The van der Waals surface area contributed by atoms with E-state index in [1.807, 2.05) is 6.92 Å². The van der Waals surface area contributed by atoms with Gasteiger partial charge in [-0.1, -0.05) is 38.8 Å². The van der Waals surface area contributed by atoms with Gasteiger partial charge in [0.15, 0.2) is 9.84 Å². The normalized spacial score (nSPS) is 24.5. The Morgan fingerprint density at radius 1 is 1.12 bits per heavy atom. The first-order valence-corrected chi connectivity index (χ1v) is 12.8. The number of fused-ring (bicyclic) bond motifs is 1. The second-order valence-corrected chi connectivity index (χ2v) is 10.6. The molecule has 0 unspecified atom stereocenters. The monoisotopic (exact) mass is 464 g/mol. The van der Waals surface area contributed by atoms with E-state index in [4.69, 9.17) is 9.47 Å². The minimum Gasteiger partial charge on any atom is -0.491 e. The molecule has 0 saturated heterocycles. The lowest BCUT2D eigenvalue weighted by Crippen LogP contribution is -2.42. The summed E-state index contributed by atoms with van der Waals surface area (Å²) >= 11 is 0. The Balaban J connectivity index is 2.21. The highest BCUT2D eigenvalue weighted by Crippen LogP contribution is 2.49. The second kappa shape index (κ2) is 10.3. The number of benzene rings is 2. The van der Waals surface area contributed by atoms with E-state index in [-0.39, 0.29) is 16.5 Å². The van der Waals surface area contributed by atoms with Gasteiger partial charge in [0.25, 0.3) is 0 Å². The lowest BCUT2D eigenvalue weighted by molar-refractivity contribution is 0.0173. The van der Waals surface area contributed by atoms with Crippen LogP contribution < -0.4 is 4.74 Å². The molecule has 0 aromatic heterocycles. The van der Waals surface area contributed by atoms with E-state index >= 15 is 0 Å². The minimum atomic E-state index is -3.67. The number of ether oxygens (including phenoxy) is 2. The zero-order chi connectivity index (χ0) is 23.4. The molecule has 3 rings (SSSR count). The predicted molar refractivity (Wildman–Crippen MR) is 122 cm³/mol. The first-order valence-electron chi connectivity index (χ1n) is 11.2. The number of methoxy groups -OCH3 is 1. The van der Waals surface area contributed by atoms with Crippen LogP contribution in [0.2, 0.25) is 0 Å². The maximum atomic E-state index is 13.7. The molecule has 0 saturated carbocycles. The van der Waals surface area contributed by atoms with Gasteiger partial charge in [-0.3, -0.25) is 0 Å². The third kappa shape index (κ3) is 5.00. The van der Waals surface area contributed by atoms with Crippen molar-refractivity contribution in [3.63, 3.8) is 0 Å². The van der Waals surface area contributed by atoms with Gasteiger partial charge in [-0.15, -0.1) is 0 Å². The van der Waals surface area contributed by atoms with Crippen LogP contribution in [0.15, 0.2) is 47.4 Å². The minimum absolute atomic E-state index is 0.119. The average molecular weight is 465 g/mol. The first-order chi connectivity index (χ1) is 15.3. The van der Waals surface area contributed by atoms with Crippen LogP contribution in [0.5, 0.6) is 5.75 Å². The molecular formula is C25H33FO5S. The molecule has 0 spiro atoms. The van der Waals surface area contributed by atoms with E-state index in [0.717, 1.165) is 12.8 Å². The summed E-state index contributed by atoms with van der Waals surface area (Å²) in [6, 6.07) is 10.9. The van der Waals surface area contributed by atoms with Crippen LogP contribution in [0.3, 0.4) is 0 Å². The second-order valence-electron chi connectivity index (χ2n) is 8.59. The molecule has 0 fully saturated rings. The van der Waals surface area contributed by atoms with Crippen LogP contribution in [0, 0.1) is 11.2 Å². The predicted octanol–water partition coefficient (Wildman–Crippen LogP) is 4.72. The molecule has 32 heavy (non-hydrogen) atoms. The van der Waals surface area contributed by atoms with Gasteiger partial charge >= 0.3 is 0 Å². The Labute approximate surface area is 190 Å². The number of hydrogen-bond donors (Lipinski definition) is 1. The summed E-state index contributed by atoms with van der Waals surface area (Å²) in [4.78, 5) is 0.205. The Kier molecular flexibility index (Phi) is 7.96. The topological polar surface area (TPSA) is 72.8 Å². The Bertz CT molecular complexity index is 1010. The van der Waals surface area contributed by atoms with Gasteiger partial charge in [0.2, 0.25) is 0 Å². The number of sulfone groups is 1. The van der Waals surface area contributed by atoms with Gasteiger partial charge in [0, 0.05) is 18.4 Å². The van der Waals surface area contributed by atoms with Crippen LogP contribution in [-0.2, 0) is 14.6 Å². The van der Waals surface area contributed by atoms with E-state index in [1.165, 1.54) is 12.1 Å². The summed E-state index contributed by atoms with van der Waals surface area (Å²) in [5.74, 6) is -0.612. The fourth-order valence-corrected chi connectivity index (χ4v) is 6.97. The first kappa shape index (κ1) is 24.7. The molecule has 1 aliphatic heterocycles. The summed E-state index contributed by atoms with van der Waals surface area (Å²) in [5.41, 5.74) is 0.371. The molecule has 0 amide bonds. The van der Waals surface area contributed by atoms with E-state index in [1.54, 1.807) is 37.4 Å². The third-order valence-electron chi connectivity index (χ3n) is 6.59. The summed E-state index contributed by atoms with van der Waals surface area (Å²) < 4.78 is 51.5. The molecule has 0 bridgehead atoms. The number of rotatable bonds is 9. The zero-order valence-electron chi connectivity index (χ0n) is 19.0. The van der Waals surface area contributed by atoms with E-state index in [9.17, 15) is 17.9 Å². The van der Waals surface area contributed by atoms with Crippen LogP contribution in [0.25, 0.3) is 0 Å². The van der Waals surface area contributed by atoms with Gasteiger partial charge < -0.3 is 14.6 Å². The molecule has 7 heteroatoms. The highest BCUT2D eigenvalue weighted by atomic mass is 32.2. The van der Waals surface area contributed by atoms with E-state index in [2.05, 4.69) is 6.92 Å². The molecule has 0 aliphatic carbocycles. The molecule has 1 heterocycles. The molecule has 0 radical (unpaired) electrons. The highest BCUT2D eigenvalue weighted by molar-refractivity contribution is 7.91. The van der Waals surface area contributed by atoms with Gasteiger partial charge in [-0.2, -0.15) is 0 Å². The van der Waals surface area contributed by atoms with Crippen LogP contribution in [-0.4, -0.2) is 45.7 Å². The Morgan fingerprint density at radius 3 is 2.47 bits per heavy atom. The number of aliphatic hydroxyl groups is 1. The quantitative estimate of drug-likeness (QED) is 0.544. The molecule has 1 aliphatic rings. The highest BCUT2D eigenvalue weighted by Gasteiger charge is 2.49. The number of unbranched alkanes of at least 4 members (excludes halogenated alkanes) is 1. The van der Waals surface area contributed by atoms with Gasteiger partial charge in [-0.05, 0) is 54.3 Å². The van der Waals surface area contributed by atoms with Crippen molar-refractivity contribution in [3.05, 3.63) is 59.4 Å². The zero-order valence-corrected chi connectivity index (χ0v) is 19.8. The Hall–Kier alpha value is -1.96. The van der Waals surface area contributed by atoms with Gasteiger partial charge in [-0.25, -0.2) is 12.8 Å². The Morgan fingerprint density at radius 2 is 1.84 bits per heavy atom. The number of aliphatic hydroxyl groups excluding tert-OH is 1. The molecule has 176 valence electrons. The van der Waals surface area contributed by atoms with Crippen LogP contribution in [0.1, 0.15) is 56.6 Å². The van der Waals surface area contributed by atoms with Crippen molar-refractivity contribution in [3.8, 4) is 5.75 Å². The lowest BCUT2D eigenvalue weighted by Gasteiger charge is -2.39.